The molecule has 3 amide bonds. The fourth-order valence-electron chi connectivity index (χ4n) is 7.29. The van der Waals surface area contributed by atoms with Crippen LogP contribution in [0.25, 0.3) is 0 Å². The lowest BCUT2D eigenvalue weighted by Gasteiger charge is -2.33. The van der Waals surface area contributed by atoms with Crippen LogP contribution >= 0.6 is 11.3 Å². The minimum atomic E-state index is -1.13. The standard InChI is InChI=1S/C35H50N4O6S/c1-22(2)17-28(40)32(41)26(18-23-9-5-3-6-10-23)37-33(42)27(19-25-20-46-21-36-25)38-34(43)30-29(24-11-7-4-8-12-24)31(30)35(44)39-13-15-45-16-14-39/h4,7-8,11-12,20-23,26-32,40-41H,3,5-6,9-10,13-19H2,1-2H3,(H,37,42)(H,38,43)/t26-,27-,28-,29+,30+,31+,32+/m0/s1. The summed E-state index contributed by atoms with van der Waals surface area (Å²) in [5.41, 5.74) is 3.28. The van der Waals surface area contributed by atoms with Crippen molar-refractivity contribution >= 4 is 29.1 Å². The Morgan fingerprint density at radius 1 is 1.02 bits per heavy atom. The van der Waals surface area contributed by atoms with Crippen molar-refractivity contribution in [2.45, 2.75) is 95.4 Å². The Labute approximate surface area is 276 Å². The average Bonchev–Trinajstić information content (AvgIpc) is 3.61. The Kier molecular flexibility index (Phi) is 12.2. The molecule has 5 rings (SSSR count). The summed E-state index contributed by atoms with van der Waals surface area (Å²) in [4.78, 5) is 47.8. The van der Waals surface area contributed by atoms with Crippen LogP contribution in [0, 0.1) is 23.7 Å². The maximum absolute atomic E-state index is 14.0. The number of ether oxygens (including phenoxy) is 1. The Morgan fingerprint density at radius 3 is 2.39 bits per heavy atom. The van der Waals surface area contributed by atoms with Gasteiger partial charge in [-0.15, -0.1) is 11.3 Å². The van der Waals surface area contributed by atoms with Gasteiger partial charge in [-0.2, -0.15) is 0 Å². The number of thiazole rings is 1. The highest BCUT2D eigenvalue weighted by molar-refractivity contribution is 7.07. The van der Waals surface area contributed by atoms with Crippen LogP contribution in [0.4, 0.5) is 0 Å². The van der Waals surface area contributed by atoms with Gasteiger partial charge in [-0.1, -0.05) is 76.3 Å². The largest absolute Gasteiger partial charge is 0.390 e. The molecule has 252 valence electrons. The monoisotopic (exact) mass is 654 g/mol. The van der Waals surface area contributed by atoms with Gasteiger partial charge in [-0.05, 0) is 30.2 Å². The van der Waals surface area contributed by atoms with E-state index in [4.69, 9.17) is 4.74 Å². The van der Waals surface area contributed by atoms with E-state index < -0.39 is 42.0 Å². The molecule has 0 spiro atoms. The van der Waals surface area contributed by atoms with Crippen LogP contribution in [-0.4, -0.2) is 88.4 Å². The number of aliphatic hydroxyl groups is 2. The van der Waals surface area contributed by atoms with Gasteiger partial charge in [0.2, 0.25) is 17.7 Å². The summed E-state index contributed by atoms with van der Waals surface area (Å²) in [6, 6.07) is 7.98. The van der Waals surface area contributed by atoms with E-state index in [1.807, 2.05) is 49.6 Å². The van der Waals surface area contributed by atoms with E-state index in [0.717, 1.165) is 31.2 Å². The second-order valence-electron chi connectivity index (χ2n) is 13.7. The molecule has 2 aliphatic carbocycles. The highest BCUT2D eigenvalue weighted by Crippen LogP contribution is 2.55. The summed E-state index contributed by atoms with van der Waals surface area (Å²) in [5.74, 6) is -1.73. The predicted molar refractivity (Wildman–Crippen MR) is 176 cm³/mol. The van der Waals surface area contributed by atoms with Gasteiger partial charge in [0.05, 0.1) is 48.4 Å². The maximum atomic E-state index is 14.0. The van der Waals surface area contributed by atoms with Crippen molar-refractivity contribution in [1.82, 2.24) is 20.5 Å². The summed E-state index contributed by atoms with van der Waals surface area (Å²) in [7, 11) is 0. The average molecular weight is 655 g/mol. The first kappa shape index (κ1) is 34.5. The normalized spacial score (nSPS) is 24.5. The predicted octanol–water partition coefficient (Wildman–Crippen LogP) is 3.28. The van der Waals surface area contributed by atoms with Gasteiger partial charge >= 0.3 is 0 Å². The third-order valence-electron chi connectivity index (χ3n) is 9.80. The van der Waals surface area contributed by atoms with Gasteiger partial charge in [0.25, 0.3) is 0 Å². The summed E-state index contributed by atoms with van der Waals surface area (Å²) < 4.78 is 5.44. The van der Waals surface area contributed by atoms with Crippen molar-refractivity contribution < 1.29 is 29.3 Å². The molecule has 2 heterocycles. The molecule has 3 fully saturated rings. The molecule has 0 bridgehead atoms. The molecule has 1 aliphatic heterocycles. The van der Waals surface area contributed by atoms with Crippen LogP contribution in [0.5, 0.6) is 0 Å². The van der Waals surface area contributed by atoms with Gasteiger partial charge < -0.3 is 30.5 Å². The minimum Gasteiger partial charge on any atom is -0.390 e. The summed E-state index contributed by atoms with van der Waals surface area (Å²) in [5, 5.41) is 30.1. The molecule has 3 aliphatic rings. The molecule has 1 saturated heterocycles. The van der Waals surface area contributed by atoms with Gasteiger partial charge in [0.1, 0.15) is 12.1 Å². The summed E-state index contributed by atoms with van der Waals surface area (Å²) >= 11 is 1.41. The molecule has 46 heavy (non-hydrogen) atoms. The van der Waals surface area contributed by atoms with Crippen LogP contribution in [0.15, 0.2) is 41.2 Å². The Balaban J connectivity index is 1.34. The molecule has 10 nitrogen and oxygen atoms in total. The second-order valence-corrected chi connectivity index (χ2v) is 14.4. The van der Waals surface area contributed by atoms with Crippen LogP contribution in [-0.2, 0) is 25.5 Å². The molecule has 1 aromatic heterocycles. The van der Waals surface area contributed by atoms with Crippen molar-refractivity contribution in [2.24, 2.45) is 23.7 Å². The first-order valence-corrected chi connectivity index (χ1v) is 17.9. The molecule has 2 saturated carbocycles. The number of hydrogen-bond acceptors (Lipinski definition) is 8. The Hall–Kier alpha value is -2.86. The van der Waals surface area contributed by atoms with E-state index in [-0.39, 0.29) is 30.1 Å². The molecular weight excluding hydrogens is 604 g/mol. The zero-order valence-electron chi connectivity index (χ0n) is 27.1. The maximum Gasteiger partial charge on any atom is 0.243 e. The fourth-order valence-corrected chi connectivity index (χ4v) is 7.86. The van der Waals surface area contributed by atoms with Gasteiger partial charge in [0, 0.05) is 30.8 Å². The van der Waals surface area contributed by atoms with Gasteiger partial charge in [0.15, 0.2) is 0 Å². The van der Waals surface area contributed by atoms with Crippen LogP contribution < -0.4 is 10.6 Å². The third-order valence-corrected chi connectivity index (χ3v) is 10.4. The van der Waals surface area contributed by atoms with Crippen molar-refractivity contribution in [3.63, 3.8) is 0 Å². The highest BCUT2D eigenvalue weighted by Gasteiger charge is 2.60. The molecule has 4 N–H and O–H groups in total. The quantitative estimate of drug-likeness (QED) is 0.245. The number of carbonyl (C=O) groups excluding carboxylic acids is 3. The van der Waals surface area contributed by atoms with Crippen molar-refractivity contribution in [3.05, 3.63) is 52.5 Å². The zero-order chi connectivity index (χ0) is 32.6. The minimum absolute atomic E-state index is 0.0624. The summed E-state index contributed by atoms with van der Waals surface area (Å²) in [6.07, 6.45) is 4.52. The lowest BCUT2D eigenvalue weighted by molar-refractivity contribution is -0.138. The van der Waals surface area contributed by atoms with Crippen LogP contribution in [0.1, 0.15) is 76.0 Å². The van der Waals surface area contributed by atoms with E-state index in [2.05, 4.69) is 15.6 Å². The summed E-state index contributed by atoms with van der Waals surface area (Å²) in [6.45, 7) is 5.91. The number of carbonyl (C=O) groups is 3. The lowest BCUT2D eigenvalue weighted by atomic mass is 9.82. The number of morpholine rings is 1. The number of rotatable bonds is 14. The van der Waals surface area contributed by atoms with E-state index in [0.29, 0.717) is 50.8 Å². The van der Waals surface area contributed by atoms with Crippen molar-refractivity contribution in [3.8, 4) is 0 Å². The third kappa shape index (κ3) is 8.93. The molecule has 2 aromatic rings. The smallest absolute Gasteiger partial charge is 0.243 e. The SMILES string of the molecule is CC(C)C[C@H](O)[C@H](O)[C@H](CC1CCCCC1)NC(=O)[C@H](Cc1cscn1)NC(=O)[C@H]1[C@H](C(=O)N2CCOCC2)[C@@H]1c1ccccc1. The fraction of sp³-hybridized carbons (Fsp3) is 0.657. The Morgan fingerprint density at radius 2 is 1.74 bits per heavy atom. The van der Waals surface area contributed by atoms with E-state index in [1.54, 1.807) is 10.4 Å². The van der Waals surface area contributed by atoms with Crippen LogP contribution in [0.3, 0.4) is 0 Å². The van der Waals surface area contributed by atoms with E-state index in [1.165, 1.54) is 17.8 Å². The van der Waals surface area contributed by atoms with Crippen LogP contribution in [0.2, 0.25) is 0 Å². The molecule has 7 atom stereocenters. The number of benzene rings is 1. The lowest BCUT2D eigenvalue weighted by Crippen LogP contribution is -2.56. The molecular formula is C35H50N4O6S. The second kappa shape index (κ2) is 16.3. The van der Waals surface area contributed by atoms with Gasteiger partial charge in [-0.3, -0.25) is 14.4 Å². The number of nitrogens with zero attached hydrogens (tertiary/aromatic N) is 2. The molecule has 11 heteroatoms. The molecule has 0 unspecified atom stereocenters. The number of amides is 3. The number of nitrogens with one attached hydrogen (secondary N) is 2. The highest BCUT2D eigenvalue weighted by atomic mass is 32.1. The van der Waals surface area contributed by atoms with Crippen molar-refractivity contribution in [1.29, 1.82) is 0 Å². The first-order valence-electron chi connectivity index (χ1n) is 17.0. The van der Waals surface area contributed by atoms with E-state index >= 15 is 0 Å². The topological polar surface area (TPSA) is 141 Å². The molecule has 0 radical (unpaired) electrons. The van der Waals surface area contributed by atoms with Crippen molar-refractivity contribution in [2.75, 3.05) is 26.3 Å². The number of hydrogen-bond donors (Lipinski definition) is 4. The molecule has 1 aromatic carbocycles. The number of aromatic nitrogens is 1. The Bertz CT molecular complexity index is 1270. The van der Waals surface area contributed by atoms with E-state index in [9.17, 15) is 24.6 Å². The first-order chi connectivity index (χ1) is 22.2. The number of aliphatic hydroxyl groups excluding tert-OH is 2. The van der Waals surface area contributed by atoms with Gasteiger partial charge in [-0.25, -0.2) is 4.98 Å². The zero-order valence-corrected chi connectivity index (χ0v) is 27.9.